The molecule has 1 atom stereocenters. The number of aromatic hydroxyl groups is 1. The number of hydrogen-bond acceptors (Lipinski definition) is 7. The minimum absolute atomic E-state index is 0.0898. The summed E-state index contributed by atoms with van der Waals surface area (Å²) in [7, 11) is 1.59. The van der Waals surface area contributed by atoms with Gasteiger partial charge < -0.3 is 19.3 Å². The lowest BCUT2D eigenvalue weighted by molar-refractivity contribution is -0.151. The monoisotopic (exact) mass is 485 g/mol. The van der Waals surface area contributed by atoms with Gasteiger partial charge in [0.15, 0.2) is 6.10 Å². The molecule has 0 bridgehead atoms. The fourth-order valence-electron chi connectivity index (χ4n) is 3.49. The van der Waals surface area contributed by atoms with Gasteiger partial charge in [0.05, 0.1) is 12.0 Å². The lowest BCUT2D eigenvalue weighted by atomic mass is 10.1. The number of H-pyrrole nitrogens is 1. The molecule has 1 unspecified atom stereocenters. The Hall–Kier alpha value is -3.26. The van der Waals surface area contributed by atoms with E-state index in [0.717, 1.165) is 48.1 Å². The van der Waals surface area contributed by atoms with Crippen molar-refractivity contribution < 1.29 is 24.1 Å². The van der Waals surface area contributed by atoms with Gasteiger partial charge in [-0.25, -0.2) is 0 Å². The highest BCUT2D eigenvalue weighted by Crippen LogP contribution is 2.26. The molecule has 3 rings (SSSR count). The summed E-state index contributed by atoms with van der Waals surface area (Å²) in [5.41, 5.74) is 1.73. The van der Waals surface area contributed by atoms with Crippen LogP contribution in [0.25, 0.3) is 0 Å². The summed E-state index contributed by atoms with van der Waals surface area (Å²) in [6, 6.07) is 14.8. The van der Waals surface area contributed by atoms with Gasteiger partial charge in [0.2, 0.25) is 5.88 Å². The lowest BCUT2D eigenvalue weighted by Crippen LogP contribution is -2.18. The fraction of sp³-hybridized carbons (Fsp3) is 0.385. The third-order valence-corrected chi connectivity index (χ3v) is 6.24. The minimum atomic E-state index is -0.567. The Labute approximate surface area is 203 Å². The van der Waals surface area contributed by atoms with Gasteiger partial charge >= 0.3 is 10.8 Å². The van der Waals surface area contributed by atoms with Crippen molar-refractivity contribution in [1.29, 1.82) is 0 Å². The number of rotatable bonds is 13. The van der Waals surface area contributed by atoms with Crippen molar-refractivity contribution in [2.75, 3.05) is 13.7 Å². The van der Waals surface area contributed by atoms with Crippen LogP contribution in [0, 0.1) is 0 Å². The predicted octanol–water partition coefficient (Wildman–Crippen LogP) is 5.38. The van der Waals surface area contributed by atoms with E-state index in [1.54, 1.807) is 7.11 Å². The second-order valence-corrected chi connectivity index (χ2v) is 9.05. The zero-order valence-electron chi connectivity index (χ0n) is 19.5. The largest absolute Gasteiger partial charge is 0.497 e. The van der Waals surface area contributed by atoms with Gasteiger partial charge in [0.25, 0.3) is 0 Å². The number of unbranched alkanes of at least 4 members (excludes halogenated alkanes) is 3. The molecule has 0 aliphatic heterocycles. The van der Waals surface area contributed by atoms with Crippen molar-refractivity contribution in [2.45, 2.75) is 51.6 Å². The Morgan fingerprint density at radius 1 is 1.09 bits per heavy atom. The Balaban J connectivity index is 1.63. The number of esters is 1. The summed E-state index contributed by atoms with van der Waals surface area (Å²) in [6.07, 6.45) is 4.29. The van der Waals surface area contributed by atoms with Crippen LogP contribution < -0.4 is 14.3 Å². The number of aromatic nitrogens is 1. The highest BCUT2D eigenvalue weighted by Gasteiger charge is 2.19. The van der Waals surface area contributed by atoms with Crippen LogP contribution in [0.15, 0.2) is 53.3 Å². The summed E-state index contributed by atoms with van der Waals surface area (Å²) >= 11 is 0.991. The first-order valence-corrected chi connectivity index (χ1v) is 12.3. The number of hydrogen-bond donors (Lipinski definition) is 2. The van der Waals surface area contributed by atoms with Gasteiger partial charge in [-0.2, -0.15) is 0 Å². The summed E-state index contributed by atoms with van der Waals surface area (Å²) in [5.74, 6) is 0.976. The molecule has 2 N–H and O–H groups in total. The van der Waals surface area contributed by atoms with Crippen molar-refractivity contribution >= 4 is 17.3 Å². The third kappa shape index (κ3) is 7.66. The molecule has 182 valence electrons. The molecule has 0 amide bonds. The van der Waals surface area contributed by atoms with E-state index in [9.17, 15) is 14.7 Å². The molecule has 0 aliphatic rings. The van der Waals surface area contributed by atoms with Crippen molar-refractivity contribution in [3.63, 3.8) is 0 Å². The van der Waals surface area contributed by atoms with Crippen LogP contribution in [-0.4, -0.2) is 29.8 Å². The SMILES string of the molecule is CCCCCCC(=O)OC(COc1ccc(Cc2sc(=O)[nH]c2O)cc1)c1cccc(OC)c1. The van der Waals surface area contributed by atoms with Gasteiger partial charge in [0.1, 0.15) is 18.1 Å². The number of nitrogens with one attached hydrogen (secondary N) is 1. The van der Waals surface area contributed by atoms with Crippen molar-refractivity contribution in [3.8, 4) is 17.4 Å². The maximum atomic E-state index is 12.4. The van der Waals surface area contributed by atoms with Gasteiger partial charge in [-0.3, -0.25) is 14.6 Å². The molecule has 0 aliphatic carbocycles. The predicted molar refractivity (Wildman–Crippen MR) is 132 cm³/mol. The lowest BCUT2D eigenvalue weighted by Gasteiger charge is -2.20. The van der Waals surface area contributed by atoms with E-state index in [4.69, 9.17) is 14.2 Å². The standard InChI is InChI=1S/C26H31NO6S/c1-3-4-5-6-10-24(28)33-22(19-8-7-9-21(16-19)31-2)17-32-20-13-11-18(12-14-20)15-23-25(29)27-26(30)34-23/h7-9,11-14,16,22,29H,3-6,10,15,17H2,1-2H3,(H,27,30). The Morgan fingerprint density at radius 2 is 1.88 bits per heavy atom. The summed E-state index contributed by atoms with van der Waals surface area (Å²) in [5, 5.41) is 9.77. The Morgan fingerprint density at radius 3 is 2.56 bits per heavy atom. The fourth-order valence-corrected chi connectivity index (χ4v) is 4.24. The molecule has 1 heterocycles. The van der Waals surface area contributed by atoms with E-state index < -0.39 is 6.10 Å². The van der Waals surface area contributed by atoms with Crippen LogP contribution in [0.2, 0.25) is 0 Å². The van der Waals surface area contributed by atoms with Gasteiger partial charge in [0, 0.05) is 12.8 Å². The molecule has 0 saturated carbocycles. The summed E-state index contributed by atoms with van der Waals surface area (Å²) in [4.78, 5) is 26.5. The molecule has 0 fully saturated rings. The van der Waals surface area contributed by atoms with E-state index in [1.165, 1.54) is 0 Å². The zero-order valence-corrected chi connectivity index (χ0v) is 20.4. The van der Waals surface area contributed by atoms with Crippen LogP contribution in [-0.2, 0) is 16.0 Å². The van der Waals surface area contributed by atoms with Crippen LogP contribution in [0.4, 0.5) is 0 Å². The van der Waals surface area contributed by atoms with Crippen molar-refractivity contribution in [3.05, 3.63) is 74.2 Å². The number of benzene rings is 2. The first kappa shape index (κ1) is 25.4. The number of methoxy groups -OCH3 is 1. The molecule has 1 aromatic heterocycles. The second-order valence-electron chi connectivity index (χ2n) is 7.98. The number of carbonyl (C=O) groups is 1. The van der Waals surface area contributed by atoms with Gasteiger partial charge in [-0.1, -0.05) is 61.8 Å². The summed E-state index contributed by atoms with van der Waals surface area (Å²) < 4.78 is 17.0. The van der Waals surface area contributed by atoms with Crippen LogP contribution in [0.5, 0.6) is 17.4 Å². The topological polar surface area (TPSA) is 97.9 Å². The number of thiazole rings is 1. The van der Waals surface area contributed by atoms with Crippen LogP contribution in [0.3, 0.4) is 0 Å². The Bertz CT molecular complexity index is 1100. The van der Waals surface area contributed by atoms with E-state index >= 15 is 0 Å². The minimum Gasteiger partial charge on any atom is -0.497 e. The Kier molecular flexibility index (Phi) is 9.58. The third-order valence-electron chi connectivity index (χ3n) is 5.36. The summed E-state index contributed by atoms with van der Waals surface area (Å²) in [6.45, 7) is 2.29. The zero-order chi connectivity index (χ0) is 24.3. The molecule has 0 spiro atoms. The van der Waals surface area contributed by atoms with Gasteiger partial charge in [-0.05, 0) is 41.8 Å². The molecule has 2 aromatic carbocycles. The molecule has 8 heteroatoms. The second kappa shape index (κ2) is 12.8. The average molecular weight is 486 g/mol. The number of carbonyl (C=O) groups excluding carboxylic acids is 1. The molecule has 3 aromatic rings. The molecule has 7 nitrogen and oxygen atoms in total. The van der Waals surface area contributed by atoms with Crippen molar-refractivity contribution in [2.24, 2.45) is 0 Å². The average Bonchev–Trinajstić information content (AvgIpc) is 3.16. The highest BCUT2D eigenvalue weighted by molar-refractivity contribution is 7.09. The first-order chi connectivity index (χ1) is 16.5. The van der Waals surface area contributed by atoms with E-state index in [-0.39, 0.29) is 23.3 Å². The number of ether oxygens (including phenoxy) is 3. The van der Waals surface area contributed by atoms with Crippen LogP contribution >= 0.6 is 11.3 Å². The van der Waals surface area contributed by atoms with Gasteiger partial charge in [-0.15, -0.1) is 0 Å². The van der Waals surface area contributed by atoms with E-state index in [1.807, 2.05) is 48.5 Å². The quantitative estimate of drug-likeness (QED) is 0.249. The molecule has 0 radical (unpaired) electrons. The molecular formula is C26H31NO6S. The van der Waals surface area contributed by atoms with E-state index in [2.05, 4.69) is 11.9 Å². The molecule has 34 heavy (non-hydrogen) atoms. The highest BCUT2D eigenvalue weighted by atomic mass is 32.1. The van der Waals surface area contributed by atoms with E-state index in [0.29, 0.717) is 29.2 Å². The molecule has 0 saturated heterocycles. The van der Waals surface area contributed by atoms with Crippen LogP contribution in [0.1, 0.15) is 61.1 Å². The first-order valence-electron chi connectivity index (χ1n) is 11.4. The van der Waals surface area contributed by atoms with Crippen molar-refractivity contribution in [1.82, 2.24) is 4.98 Å². The maximum absolute atomic E-state index is 12.4. The smallest absolute Gasteiger partial charge is 0.307 e. The normalized spacial score (nSPS) is 11.7. The number of aromatic amines is 1. The maximum Gasteiger partial charge on any atom is 0.307 e. The molecular weight excluding hydrogens is 454 g/mol.